The molecule has 27 heavy (non-hydrogen) atoms. The number of methoxy groups -OCH3 is 1. The Hall–Kier alpha value is -2.09. The van der Waals surface area contributed by atoms with Gasteiger partial charge >= 0.3 is 0 Å². The van der Waals surface area contributed by atoms with E-state index in [1.54, 1.807) is 11.8 Å². The molecule has 2 fully saturated rings. The molecule has 144 valence electrons. The number of ether oxygens (including phenoxy) is 1. The molecule has 1 heterocycles. The molecule has 0 radical (unpaired) electrons. The number of rotatable bonds is 8. The molecule has 2 aliphatic rings. The summed E-state index contributed by atoms with van der Waals surface area (Å²) in [6, 6.07) is 8.75. The smallest absolute Gasteiger partial charge is 0.233 e. The van der Waals surface area contributed by atoms with Gasteiger partial charge in [-0.25, -0.2) is 4.68 Å². The Morgan fingerprint density at radius 1 is 1.19 bits per heavy atom. The molecular weight excluding hydrogens is 362 g/mol. The predicted octanol–water partition coefficient (Wildman–Crippen LogP) is 2.76. The number of benzene rings is 1. The van der Waals surface area contributed by atoms with E-state index in [0.717, 1.165) is 37.0 Å². The van der Waals surface area contributed by atoms with Gasteiger partial charge in [-0.3, -0.25) is 4.79 Å². The molecule has 1 aromatic carbocycles. The zero-order chi connectivity index (χ0) is 18.6. The molecule has 0 atom stereocenters. The zero-order valence-electron chi connectivity index (χ0n) is 15.6. The fourth-order valence-electron chi connectivity index (χ4n) is 3.74. The number of amides is 1. The molecule has 2 aromatic rings. The normalized spacial score (nSPS) is 17.2. The van der Waals surface area contributed by atoms with Gasteiger partial charge in [-0.2, -0.15) is 0 Å². The Morgan fingerprint density at radius 3 is 2.56 bits per heavy atom. The third kappa shape index (κ3) is 4.43. The lowest BCUT2D eigenvalue weighted by molar-refractivity contribution is -0.131. The van der Waals surface area contributed by atoms with Crippen molar-refractivity contribution in [2.45, 2.75) is 62.3 Å². The largest absolute Gasteiger partial charge is 0.497 e. The fourth-order valence-corrected chi connectivity index (χ4v) is 4.49. The van der Waals surface area contributed by atoms with Crippen LogP contribution in [0.15, 0.2) is 29.4 Å². The topological polar surface area (TPSA) is 73.1 Å². The van der Waals surface area contributed by atoms with Crippen LogP contribution in [0.5, 0.6) is 5.75 Å². The fraction of sp³-hybridized carbons (Fsp3) is 0.579. The maximum Gasteiger partial charge on any atom is 0.233 e. The van der Waals surface area contributed by atoms with Crippen LogP contribution in [0.1, 0.15) is 44.1 Å². The SMILES string of the molecule is COc1ccc(Cn2nnnc2SCC(=O)N(C2CCCC2)C2CC2)cc1. The van der Waals surface area contributed by atoms with E-state index in [1.807, 2.05) is 24.3 Å². The summed E-state index contributed by atoms with van der Waals surface area (Å²) in [7, 11) is 1.65. The summed E-state index contributed by atoms with van der Waals surface area (Å²) in [5.41, 5.74) is 1.09. The molecule has 7 nitrogen and oxygen atoms in total. The van der Waals surface area contributed by atoms with Crippen LogP contribution in [0.4, 0.5) is 0 Å². The molecule has 0 spiro atoms. The number of nitrogens with zero attached hydrogens (tertiary/aromatic N) is 5. The molecule has 4 rings (SSSR count). The van der Waals surface area contributed by atoms with Crippen molar-refractivity contribution in [3.8, 4) is 5.75 Å². The van der Waals surface area contributed by atoms with E-state index in [-0.39, 0.29) is 5.91 Å². The molecule has 8 heteroatoms. The quantitative estimate of drug-likeness (QED) is 0.649. The number of thioether (sulfide) groups is 1. The Kier molecular flexibility index (Phi) is 5.61. The van der Waals surface area contributed by atoms with Crippen molar-refractivity contribution in [1.29, 1.82) is 0 Å². The second kappa shape index (κ2) is 8.29. The minimum Gasteiger partial charge on any atom is -0.497 e. The summed E-state index contributed by atoms with van der Waals surface area (Å²) in [6.07, 6.45) is 7.11. The molecule has 2 aliphatic carbocycles. The first-order valence-electron chi connectivity index (χ1n) is 9.57. The summed E-state index contributed by atoms with van der Waals surface area (Å²) in [5.74, 6) is 1.45. The summed E-state index contributed by atoms with van der Waals surface area (Å²) in [5, 5.41) is 12.7. The van der Waals surface area contributed by atoms with Gasteiger partial charge in [-0.15, -0.1) is 5.10 Å². The molecule has 0 bridgehead atoms. The van der Waals surface area contributed by atoms with Crippen molar-refractivity contribution in [2.24, 2.45) is 0 Å². The van der Waals surface area contributed by atoms with Crippen molar-refractivity contribution in [1.82, 2.24) is 25.1 Å². The Bertz CT molecular complexity index is 769. The van der Waals surface area contributed by atoms with Crippen LogP contribution < -0.4 is 4.74 Å². The zero-order valence-corrected chi connectivity index (χ0v) is 16.4. The minimum absolute atomic E-state index is 0.230. The third-order valence-corrected chi connectivity index (χ3v) is 6.20. The molecule has 0 aliphatic heterocycles. The van der Waals surface area contributed by atoms with Crippen LogP contribution in [-0.2, 0) is 11.3 Å². The lowest BCUT2D eigenvalue weighted by Gasteiger charge is -2.29. The molecular formula is C19H25N5O2S. The van der Waals surface area contributed by atoms with Gasteiger partial charge in [-0.1, -0.05) is 36.7 Å². The van der Waals surface area contributed by atoms with Gasteiger partial charge in [0.05, 0.1) is 19.4 Å². The maximum absolute atomic E-state index is 12.9. The Morgan fingerprint density at radius 2 is 1.89 bits per heavy atom. The van der Waals surface area contributed by atoms with Gasteiger partial charge in [0.15, 0.2) is 0 Å². The molecule has 1 aromatic heterocycles. The van der Waals surface area contributed by atoms with Crippen LogP contribution in [-0.4, -0.2) is 56.0 Å². The van der Waals surface area contributed by atoms with Crippen molar-refractivity contribution >= 4 is 17.7 Å². The summed E-state index contributed by atoms with van der Waals surface area (Å²) < 4.78 is 6.94. The molecule has 0 unspecified atom stereocenters. The number of hydrogen-bond donors (Lipinski definition) is 0. The lowest BCUT2D eigenvalue weighted by Crippen LogP contribution is -2.41. The van der Waals surface area contributed by atoms with E-state index in [4.69, 9.17) is 4.74 Å². The van der Waals surface area contributed by atoms with Crippen LogP contribution in [0.3, 0.4) is 0 Å². The first kappa shape index (κ1) is 18.3. The van der Waals surface area contributed by atoms with E-state index in [2.05, 4.69) is 20.4 Å². The van der Waals surface area contributed by atoms with E-state index in [0.29, 0.717) is 29.5 Å². The van der Waals surface area contributed by atoms with Crippen LogP contribution in [0.25, 0.3) is 0 Å². The number of carbonyl (C=O) groups excluding carboxylic acids is 1. The van der Waals surface area contributed by atoms with E-state index < -0.39 is 0 Å². The van der Waals surface area contributed by atoms with Crippen molar-refractivity contribution in [3.63, 3.8) is 0 Å². The van der Waals surface area contributed by atoms with Gasteiger partial charge in [0.2, 0.25) is 11.1 Å². The summed E-state index contributed by atoms with van der Waals surface area (Å²) in [4.78, 5) is 15.0. The highest BCUT2D eigenvalue weighted by Gasteiger charge is 2.38. The summed E-state index contributed by atoms with van der Waals surface area (Å²) in [6.45, 7) is 0.572. The lowest BCUT2D eigenvalue weighted by atomic mass is 10.2. The van der Waals surface area contributed by atoms with Gasteiger partial charge in [-0.05, 0) is 53.8 Å². The number of carbonyl (C=O) groups is 1. The second-order valence-corrected chi connectivity index (χ2v) is 8.17. The monoisotopic (exact) mass is 387 g/mol. The second-order valence-electron chi connectivity index (χ2n) is 7.23. The van der Waals surface area contributed by atoms with Crippen LogP contribution in [0, 0.1) is 0 Å². The van der Waals surface area contributed by atoms with Crippen molar-refractivity contribution in [2.75, 3.05) is 12.9 Å². The van der Waals surface area contributed by atoms with E-state index in [1.165, 1.54) is 24.6 Å². The van der Waals surface area contributed by atoms with Gasteiger partial charge in [0, 0.05) is 12.1 Å². The highest BCUT2D eigenvalue weighted by Crippen LogP contribution is 2.35. The maximum atomic E-state index is 12.9. The predicted molar refractivity (Wildman–Crippen MR) is 103 cm³/mol. The van der Waals surface area contributed by atoms with Gasteiger partial charge < -0.3 is 9.64 Å². The minimum atomic E-state index is 0.230. The molecule has 0 saturated heterocycles. The Labute approximate surface area is 163 Å². The van der Waals surface area contributed by atoms with E-state index in [9.17, 15) is 4.79 Å². The third-order valence-electron chi connectivity index (χ3n) is 5.26. The number of hydrogen-bond acceptors (Lipinski definition) is 6. The number of tetrazole rings is 1. The average Bonchev–Trinajstić information content (AvgIpc) is 3.17. The number of aromatic nitrogens is 4. The molecule has 1 amide bonds. The van der Waals surface area contributed by atoms with Crippen LogP contribution >= 0.6 is 11.8 Å². The standard InChI is InChI=1S/C19H25N5O2S/c1-26-17-10-6-14(7-11-17)12-23-19(20-21-22-23)27-13-18(25)24(16-8-9-16)15-4-2-3-5-15/h6-7,10-11,15-16H,2-5,8-9,12-13H2,1H3. The molecule has 2 saturated carbocycles. The highest BCUT2D eigenvalue weighted by atomic mass is 32.2. The van der Waals surface area contributed by atoms with Crippen molar-refractivity contribution < 1.29 is 9.53 Å². The first-order valence-corrected chi connectivity index (χ1v) is 10.6. The van der Waals surface area contributed by atoms with E-state index >= 15 is 0 Å². The van der Waals surface area contributed by atoms with Gasteiger partial charge in [0.1, 0.15) is 5.75 Å². The first-order chi connectivity index (χ1) is 13.2. The van der Waals surface area contributed by atoms with Gasteiger partial charge in [0.25, 0.3) is 0 Å². The highest BCUT2D eigenvalue weighted by molar-refractivity contribution is 7.99. The Balaban J connectivity index is 1.37. The summed E-state index contributed by atoms with van der Waals surface area (Å²) >= 11 is 1.43. The molecule has 0 N–H and O–H groups in total. The van der Waals surface area contributed by atoms with Crippen molar-refractivity contribution in [3.05, 3.63) is 29.8 Å². The average molecular weight is 388 g/mol. The van der Waals surface area contributed by atoms with Crippen LogP contribution in [0.2, 0.25) is 0 Å².